The van der Waals surface area contributed by atoms with Crippen LogP contribution in [0.5, 0.6) is 0 Å². The van der Waals surface area contributed by atoms with Crippen molar-refractivity contribution in [3.8, 4) is 0 Å². The second kappa shape index (κ2) is 5.24. The number of nitrogens with two attached hydrogens (primary N) is 1. The zero-order valence-corrected chi connectivity index (χ0v) is 12.3. The summed E-state index contributed by atoms with van der Waals surface area (Å²) >= 11 is 0. The minimum absolute atomic E-state index is 0.134. The van der Waals surface area contributed by atoms with Crippen LogP contribution in [-0.2, 0) is 13.5 Å². The Hall–Kier alpha value is -2.30. The van der Waals surface area contributed by atoms with Gasteiger partial charge in [-0.3, -0.25) is 9.48 Å². The molecular formula is C16H20N4O. The molecule has 3 rings (SSSR count). The van der Waals surface area contributed by atoms with Crippen LogP contribution >= 0.6 is 0 Å². The van der Waals surface area contributed by atoms with Crippen LogP contribution in [0.25, 0.3) is 0 Å². The fraction of sp³-hybridized carbons (Fsp3) is 0.375. The minimum atomic E-state index is -0.134. The van der Waals surface area contributed by atoms with Gasteiger partial charge in [0.05, 0.1) is 11.4 Å². The van der Waals surface area contributed by atoms with Crippen molar-refractivity contribution in [2.24, 2.45) is 7.05 Å². The van der Waals surface area contributed by atoms with Crippen molar-refractivity contribution in [3.63, 3.8) is 0 Å². The lowest BCUT2D eigenvalue weighted by molar-refractivity contribution is 0.0942. The molecule has 1 aliphatic rings. The molecule has 1 fully saturated rings. The van der Waals surface area contributed by atoms with E-state index < -0.39 is 0 Å². The first-order valence-corrected chi connectivity index (χ1v) is 7.29. The summed E-state index contributed by atoms with van der Waals surface area (Å²) in [6.07, 6.45) is 1.71. The Morgan fingerprint density at radius 1 is 1.43 bits per heavy atom. The Kier molecular flexibility index (Phi) is 3.41. The molecule has 2 aromatic rings. The van der Waals surface area contributed by atoms with E-state index in [9.17, 15) is 4.79 Å². The second-order valence-corrected chi connectivity index (χ2v) is 5.52. The predicted molar refractivity (Wildman–Crippen MR) is 82.1 cm³/mol. The number of benzene rings is 1. The van der Waals surface area contributed by atoms with E-state index >= 15 is 0 Å². The highest BCUT2D eigenvalue weighted by Crippen LogP contribution is 2.40. The first kappa shape index (κ1) is 13.7. The van der Waals surface area contributed by atoms with Gasteiger partial charge in [0.25, 0.3) is 5.91 Å². The highest BCUT2D eigenvalue weighted by Gasteiger charge is 2.40. The number of aryl methyl sites for hydroxylation is 2. The average Bonchev–Trinajstić information content (AvgIpc) is 3.18. The van der Waals surface area contributed by atoms with Crippen molar-refractivity contribution < 1.29 is 4.79 Å². The maximum atomic E-state index is 12.4. The van der Waals surface area contributed by atoms with Crippen molar-refractivity contribution in [2.75, 3.05) is 5.73 Å². The largest absolute Gasteiger partial charge is 0.395 e. The molecule has 110 valence electrons. The first-order valence-electron chi connectivity index (χ1n) is 7.29. The molecule has 2 atom stereocenters. The molecule has 3 N–H and O–H groups in total. The van der Waals surface area contributed by atoms with Gasteiger partial charge in [0.15, 0.2) is 0 Å². The molecule has 5 heteroatoms. The molecule has 0 radical (unpaired) electrons. The standard InChI is InChI=1S/C16H20N4O/c1-3-12-14(17)15(20(2)19-12)16(21)18-13-9-11(13)10-7-5-4-6-8-10/h4-8,11,13H,3,9,17H2,1-2H3,(H,18,21). The number of carbonyl (C=O) groups is 1. The third-order valence-corrected chi connectivity index (χ3v) is 4.04. The fourth-order valence-electron chi connectivity index (χ4n) is 2.79. The maximum Gasteiger partial charge on any atom is 0.271 e. The molecule has 0 aliphatic heterocycles. The summed E-state index contributed by atoms with van der Waals surface area (Å²) in [6.45, 7) is 1.98. The van der Waals surface area contributed by atoms with Crippen LogP contribution in [0.4, 0.5) is 5.69 Å². The number of rotatable bonds is 4. The van der Waals surface area contributed by atoms with Gasteiger partial charge < -0.3 is 11.1 Å². The van der Waals surface area contributed by atoms with Crippen LogP contribution in [-0.4, -0.2) is 21.7 Å². The lowest BCUT2D eigenvalue weighted by atomic mass is 10.1. The van der Waals surface area contributed by atoms with Gasteiger partial charge in [0.2, 0.25) is 0 Å². The van der Waals surface area contributed by atoms with Crippen molar-refractivity contribution in [1.82, 2.24) is 15.1 Å². The van der Waals surface area contributed by atoms with Crippen molar-refractivity contribution in [1.29, 1.82) is 0 Å². The minimum Gasteiger partial charge on any atom is -0.395 e. The Balaban J connectivity index is 1.70. The van der Waals surface area contributed by atoms with E-state index in [4.69, 9.17) is 5.73 Å². The van der Waals surface area contributed by atoms with E-state index in [1.165, 1.54) is 5.56 Å². The summed E-state index contributed by atoms with van der Waals surface area (Å²) in [5, 5.41) is 7.34. The highest BCUT2D eigenvalue weighted by atomic mass is 16.2. The number of nitrogens with one attached hydrogen (secondary N) is 1. The lowest BCUT2D eigenvalue weighted by Gasteiger charge is -2.06. The molecular weight excluding hydrogens is 264 g/mol. The quantitative estimate of drug-likeness (QED) is 0.900. The smallest absolute Gasteiger partial charge is 0.271 e. The molecule has 0 saturated heterocycles. The Bertz CT molecular complexity index is 662. The topological polar surface area (TPSA) is 72.9 Å². The number of hydrogen-bond acceptors (Lipinski definition) is 3. The number of hydrogen-bond donors (Lipinski definition) is 2. The van der Waals surface area contributed by atoms with Gasteiger partial charge >= 0.3 is 0 Å². The van der Waals surface area contributed by atoms with Crippen LogP contribution < -0.4 is 11.1 Å². The number of nitrogen functional groups attached to an aromatic ring is 1. The SMILES string of the molecule is CCc1nn(C)c(C(=O)NC2CC2c2ccccc2)c1N. The third kappa shape index (κ3) is 2.51. The summed E-state index contributed by atoms with van der Waals surface area (Å²) in [4.78, 5) is 12.4. The summed E-state index contributed by atoms with van der Waals surface area (Å²) in [5.41, 5.74) is 9.02. The normalized spacial score (nSPS) is 20.3. The highest BCUT2D eigenvalue weighted by molar-refractivity contribution is 5.98. The molecule has 0 bridgehead atoms. The summed E-state index contributed by atoms with van der Waals surface area (Å²) in [5.74, 6) is 0.279. The summed E-state index contributed by atoms with van der Waals surface area (Å²) < 4.78 is 1.57. The molecule has 21 heavy (non-hydrogen) atoms. The molecule has 1 heterocycles. The number of aromatic nitrogens is 2. The monoisotopic (exact) mass is 284 g/mol. The van der Waals surface area contributed by atoms with E-state index in [2.05, 4.69) is 22.5 Å². The van der Waals surface area contributed by atoms with Gasteiger partial charge in [0.1, 0.15) is 5.69 Å². The van der Waals surface area contributed by atoms with Crippen LogP contribution in [0.15, 0.2) is 30.3 Å². The zero-order valence-electron chi connectivity index (χ0n) is 12.3. The van der Waals surface area contributed by atoms with Gasteiger partial charge in [-0.1, -0.05) is 37.3 Å². The van der Waals surface area contributed by atoms with Crippen LogP contribution in [0.1, 0.15) is 41.0 Å². The van der Waals surface area contributed by atoms with Crippen molar-refractivity contribution in [3.05, 3.63) is 47.3 Å². The first-order chi connectivity index (χ1) is 10.1. The number of carbonyl (C=O) groups excluding carboxylic acids is 1. The average molecular weight is 284 g/mol. The number of nitrogens with zero attached hydrogens (tertiary/aromatic N) is 2. The van der Waals surface area contributed by atoms with E-state index in [-0.39, 0.29) is 11.9 Å². The zero-order chi connectivity index (χ0) is 15.0. The fourth-order valence-corrected chi connectivity index (χ4v) is 2.79. The molecule has 1 aromatic heterocycles. The summed E-state index contributed by atoms with van der Waals surface area (Å²) in [7, 11) is 1.76. The molecule has 1 aromatic carbocycles. The van der Waals surface area contributed by atoms with E-state index in [0.717, 1.165) is 18.5 Å². The Morgan fingerprint density at radius 2 is 2.14 bits per heavy atom. The predicted octanol–water partition coefficient (Wildman–Crippen LogP) is 1.85. The molecule has 5 nitrogen and oxygen atoms in total. The van der Waals surface area contributed by atoms with E-state index in [0.29, 0.717) is 17.3 Å². The van der Waals surface area contributed by atoms with Crippen molar-refractivity contribution in [2.45, 2.75) is 31.7 Å². The third-order valence-electron chi connectivity index (χ3n) is 4.04. The molecule has 1 amide bonds. The van der Waals surface area contributed by atoms with Crippen LogP contribution in [0.3, 0.4) is 0 Å². The van der Waals surface area contributed by atoms with Gasteiger partial charge in [-0.15, -0.1) is 0 Å². The van der Waals surface area contributed by atoms with Crippen LogP contribution in [0, 0.1) is 0 Å². The molecule has 0 spiro atoms. The molecule has 1 aliphatic carbocycles. The Labute approximate surface area is 124 Å². The lowest BCUT2D eigenvalue weighted by Crippen LogP contribution is -2.29. The number of anilines is 1. The second-order valence-electron chi connectivity index (χ2n) is 5.52. The number of amides is 1. The van der Waals surface area contributed by atoms with Gasteiger partial charge in [-0.05, 0) is 18.4 Å². The van der Waals surface area contributed by atoms with Crippen molar-refractivity contribution >= 4 is 11.6 Å². The van der Waals surface area contributed by atoms with E-state index in [1.807, 2.05) is 25.1 Å². The maximum absolute atomic E-state index is 12.4. The summed E-state index contributed by atoms with van der Waals surface area (Å²) in [6, 6.07) is 10.5. The molecule has 1 saturated carbocycles. The van der Waals surface area contributed by atoms with Gasteiger partial charge in [0, 0.05) is 19.0 Å². The van der Waals surface area contributed by atoms with Crippen LogP contribution in [0.2, 0.25) is 0 Å². The molecule has 2 unspecified atom stereocenters. The van der Waals surface area contributed by atoms with Gasteiger partial charge in [-0.2, -0.15) is 5.10 Å². The Morgan fingerprint density at radius 3 is 2.76 bits per heavy atom. The van der Waals surface area contributed by atoms with Gasteiger partial charge in [-0.25, -0.2) is 0 Å². The van der Waals surface area contributed by atoms with E-state index in [1.54, 1.807) is 11.7 Å².